The molecule has 2 aromatic rings. The van der Waals surface area contributed by atoms with Gasteiger partial charge in [-0.2, -0.15) is 5.26 Å². The molecule has 37 heavy (non-hydrogen) atoms. The minimum Gasteiger partial charge on any atom is -0.446 e. The van der Waals surface area contributed by atoms with Gasteiger partial charge in [-0.25, -0.2) is 9.18 Å². The number of anilines is 1. The maximum Gasteiger partial charge on any atom is 0.407 e. The summed E-state index contributed by atoms with van der Waals surface area (Å²) in [6.45, 7) is 5.32. The van der Waals surface area contributed by atoms with Gasteiger partial charge < -0.3 is 19.9 Å². The van der Waals surface area contributed by atoms with Gasteiger partial charge in [-0.1, -0.05) is 12.1 Å². The van der Waals surface area contributed by atoms with Crippen molar-refractivity contribution in [3.63, 3.8) is 0 Å². The van der Waals surface area contributed by atoms with Gasteiger partial charge in [0.2, 0.25) is 0 Å². The summed E-state index contributed by atoms with van der Waals surface area (Å²) < 4.78 is 20.0. The summed E-state index contributed by atoms with van der Waals surface area (Å²) in [5, 5.41) is 11.6. The van der Waals surface area contributed by atoms with Gasteiger partial charge in [0.1, 0.15) is 11.9 Å². The van der Waals surface area contributed by atoms with Crippen LogP contribution >= 0.6 is 0 Å². The Labute approximate surface area is 219 Å². The van der Waals surface area contributed by atoms with Crippen LogP contribution in [0.4, 0.5) is 14.9 Å². The molecule has 3 aliphatic rings. The number of piperidine rings is 1. The molecule has 5 rings (SSSR count). The van der Waals surface area contributed by atoms with Crippen LogP contribution in [0.5, 0.6) is 0 Å². The molecule has 2 heterocycles. The van der Waals surface area contributed by atoms with Crippen molar-refractivity contribution in [2.24, 2.45) is 17.8 Å². The molecule has 7 heteroatoms. The van der Waals surface area contributed by atoms with E-state index in [0.29, 0.717) is 17.4 Å². The number of nitriles is 1. The molecule has 1 unspecified atom stereocenters. The van der Waals surface area contributed by atoms with Crippen molar-refractivity contribution >= 4 is 11.8 Å². The average Bonchev–Trinajstić information content (AvgIpc) is 3.34. The fraction of sp³-hybridized carbons (Fsp3) is 0.533. The molecular weight excluding hydrogens is 467 g/mol. The Morgan fingerprint density at radius 3 is 2.57 bits per heavy atom. The number of carbonyl (C=O) groups excluding carboxylic acids is 1. The zero-order valence-electron chi connectivity index (χ0n) is 21.6. The van der Waals surface area contributed by atoms with E-state index in [2.05, 4.69) is 27.3 Å². The molecule has 3 atom stereocenters. The smallest absolute Gasteiger partial charge is 0.407 e. The molecular formula is C30H37FN4O2. The summed E-state index contributed by atoms with van der Waals surface area (Å²) in [5.74, 6) is 1.34. The number of halogens is 1. The second-order valence-electron chi connectivity index (χ2n) is 10.9. The van der Waals surface area contributed by atoms with Crippen molar-refractivity contribution in [2.45, 2.75) is 44.1 Å². The average molecular weight is 505 g/mol. The van der Waals surface area contributed by atoms with Gasteiger partial charge in [-0.05, 0) is 99.0 Å². The first-order chi connectivity index (χ1) is 18.0. The first-order valence-electron chi connectivity index (χ1n) is 13.7. The molecule has 0 spiro atoms. The Morgan fingerprint density at radius 1 is 1.14 bits per heavy atom. The van der Waals surface area contributed by atoms with Crippen LogP contribution in [0, 0.1) is 34.9 Å². The van der Waals surface area contributed by atoms with E-state index >= 15 is 0 Å². The summed E-state index contributed by atoms with van der Waals surface area (Å²) in [5.41, 5.74) is 2.94. The zero-order valence-corrected chi connectivity index (χ0v) is 21.6. The number of hydrogen-bond donors (Lipinski definition) is 1. The number of benzene rings is 2. The molecule has 6 nitrogen and oxygen atoms in total. The van der Waals surface area contributed by atoms with E-state index in [1.54, 1.807) is 13.1 Å². The van der Waals surface area contributed by atoms with E-state index in [0.717, 1.165) is 70.4 Å². The van der Waals surface area contributed by atoms with Gasteiger partial charge in [0.05, 0.1) is 11.6 Å². The molecule has 2 saturated heterocycles. The van der Waals surface area contributed by atoms with E-state index in [4.69, 9.17) is 10.00 Å². The maximum atomic E-state index is 14.3. The van der Waals surface area contributed by atoms with Crippen molar-refractivity contribution in [1.82, 2.24) is 10.2 Å². The van der Waals surface area contributed by atoms with Crippen molar-refractivity contribution in [3.05, 3.63) is 65.5 Å². The second kappa shape index (κ2) is 11.5. The fourth-order valence-electron chi connectivity index (χ4n) is 6.79. The Morgan fingerprint density at radius 2 is 1.89 bits per heavy atom. The third-order valence-electron chi connectivity index (χ3n) is 8.64. The van der Waals surface area contributed by atoms with Gasteiger partial charge in [-0.15, -0.1) is 0 Å². The van der Waals surface area contributed by atoms with E-state index in [1.165, 1.54) is 11.8 Å². The SMILES string of the molecule is CNC(=O)O[C@H]1CCC[C@@H]1C(c1cccc(F)c1)C1CCN(CC2CN(c3ccc(C#N)cc3)C2)CC1. The molecule has 1 aliphatic carbocycles. The van der Waals surface area contributed by atoms with Crippen molar-refractivity contribution in [2.75, 3.05) is 44.7 Å². The normalized spacial score (nSPS) is 23.8. The molecule has 0 aromatic heterocycles. The standard InChI is InChI=1S/C30H37FN4O2/c1-33-30(36)37-28-7-3-6-27(28)29(24-4-2-5-25(31)16-24)23-12-14-34(15-13-23)18-22-19-35(20-22)26-10-8-21(17-32)9-11-26/h2,4-5,8-11,16,22-23,27-29H,3,6-7,12-15,18-20H2,1H3,(H,33,36)/t27-,28-,29?/m0/s1. The van der Waals surface area contributed by atoms with E-state index in [-0.39, 0.29) is 29.9 Å². The quantitative estimate of drug-likeness (QED) is 0.565. The third kappa shape index (κ3) is 5.91. The van der Waals surface area contributed by atoms with Crippen LogP contribution in [-0.4, -0.2) is 56.9 Å². The third-order valence-corrected chi connectivity index (χ3v) is 8.64. The van der Waals surface area contributed by atoms with Crippen molar-refractivity contribution in [1.29, 1.82) is 5.26 Å². The number of nitrogens with one attached hydrogen (secondary N) is 1. The highest BCUT2D eigenvalue weighted by Crippen LogP contribution is 2.46. The second-order valence-corrected chi connectivity index (χ2v) is 10.9. The van der Waals surface area contributed by atoms with Crippen molar-refractivity contribution < 1.29 is 13.9 Å². The summed E-state index contributed by atoms with van der Waals surface area (Å²) in [6, 6.07) is 17.1. The predicted octanol–water partition coefficient (Wildman–Crippen LogP) is 5.15. The van der Waals surface area contributed by atoms with Gasteiger partial charge >= 0.3 is 6.09 Å². The monoisotopic (exact) mass is 504 g/mol. The molecule has 2 aromatic carbocycles. The number of nitrogens with zero attached hydrogens (tertiary/aromatic N) is 3. The van der Waals surface area contributed by atoms with Crippen LogP contribution in [0.15, 0.2) is 48.5 Å². The van der Waals surface area contributed by atoms with Crippen LogP contribution < -0.4 is 10.2 Å². The highest BCUT2D eigenvalue weighted by atomic mass is 19.1. The number of carbonyl (C=O) groups is 1. The largest absolute Gasteiger partial charge is 0.446 e. The highest BCUT2D eigenvalue weighted by molar-refractivity contribution is 5.67. The summed E-state index contributed by atoms with van der Waals surface area (Å²) in [7, 11) is 1.60. The molecule has 3 fully saturated rings. The summed E-state index contributed by atoms with van der Waals surface area (Å²) in [6.07, 6.45) is 4.59. The number of rotatable bonds is 7. The minimum atomic E-state index is -0.375. The van der Waals surface area contributed by atoms with Gasteiger partial charge in [-0.3, -0.25) is 0 Å². The van der Waals surface area contributed by atoms with Crippen LogP contribution in [0.2, 0.25) is 0 Å². The Kier molecular flexibility index (Phi) is 7.95. The molecule has 196 valence electrons. The topological polar surface area (TPSA) is 68.6 Å². The fourth-order valence-corrected chi connectivity index (χ4v) is 6.79. The van der Waals surface area contributed by atoms with Gasteiger partial charge in [0.25, 0.3) is 0 Å². The van der Waals surface area contributed by atoms with E-state index in [9.17, 15) is 9.18 Å². The minimum absolute atomic E-state index is 0.116. The number of amides is 1. The lowest BCUT2D eigenvalue weighted by Crippen LogP contribution is -2.52. The zero-order chi connectivity index (χ0) is 25.8. The number of likely N-dealkylation sites (tertiary alicyclic amines) is 1. The predicted molar refractivity (Wildman–Crippen MR) is 142 cm³/mol. The summed E-state index contributed by atoms with van der Waals surface area (Å²) in [4.78, 5) is 17.0. The highest BCUT2D eigenvalue weighted by Gasteiger charge is 2.42. The Hall–Kier alpha value is -3.11. The van der Waals surface area contributed by atoms with Crippen LogP contribution in [0.3, 0.4) is 0 Å². The summed E-state index contributed by atoms with van der Waals surface area (Å²) >= 11 is 0. The molecule has 1 N–H and O–H groups in total. The molecule has 0 bridgehead atoms. The van der Waals surface area contributed by atoms with Gasteiger partial charge in [0.15, 0.2) is 0 Å². The molecule has 1 saturated carbocycles. The molecule has 0 radical (unpaired) electrons. The van der Waals surface area contributed by atoms with Crippen LogP contribution in [0.1, 0.15) is 49.1 Å². The van der Waals surface area contributed by atoms with Crippen molar-refractivity contribution in [3.8, 4) is 6.07 Å². The lowest BCUT2D eigenvalue weighted by molar-refractivity contribution is 0.0506. The number of alkyl carbamates (subject to hydrolysis) is 1. The Bertz CT molecular complexity index is 1100. The van der Waals surface area contributed by atoms with E-state index in [1.807, 2.05) is 30.3 Å². The van der Waals surface area contributed by atoms with Crippen LogP contribution in [0.25, 0.3) is 0 Å². The van der Waals surface area contributed by atoms with Gasteiger partial charge in [0, 0.05) is 44.2 Å². The molecule has 1 amide bonds. The first-order valence-corrected chi connectivity index (χ1v) is 13.7. The van der Waals surface area contributed by atoms with Crippen LogP contribution in [-0.2, 0) is 4.74 Å². The maximum absolute atomic E-state index is 14.3. The Balaban J connectivity index is 1.19. The van der Waals surface area contributed by atoms with E-state index < -0.39 is 0 Å². The lowest BCUT2D eigenvalue weighted by Gasteiger charge is -2.45. The lowest BCUT2D eigenvalue weighted by atomic mass is 9.71. The molecule has 2 aliphatic heterocycles. The number of ether oxygens (including phenoxy) is 1. The first kappa shape index (κ1) is 25.5. The number of hydrogen-bond acceptors (Lipinski definition) is 5.